The minimum atomic E-state index is -1.04. The van der Waals surface area contributed by atoms with Crippen molar-refractivity contribution >= 4 is 18.2 Å². The third kappa shape index (κ3) is 40.8. The van der Waals surface area contributed by atoms with E-state index in [0.717, 1.165) is 75.9 Å². The summed E-state index contributed by atoms with van der Waals surface area (Å²) in [5.74, 6) is -1.85. The number of hydroxylamine groups is 2. The molecule has 0 rings (SSSR count). The largest absolute Gasteiger partial charge is 0.365 e. The fraction of sp³-hybridized carbons (Fsp3) is 0.788. The molecule has 60 heavy (non-hydrogen) atoms. The predicted octanol–water partition coefficient (Wildman–Crippen LogP) is 13.9. The Morgan fingerprint density at radius 1 is 0.517 bits per heavy atom. The van der Waals surface area contributed by atoms with Gasteiger partial charge in [-0.3, -0.25) is 4.79 Å². The highest BCUT2D eigenvalue weighted by atomic mass is 16.7. The monoisotopic (exact) mass is 843 g/mol. The van der Waals surface area contributed by atoms with Gasteiger partial charge in [-0.25, -0.2) is 4.79 Å². The summed E-state index contributed by atoms with van der Waals surface area (Å²) < 4.78 is 6.28. The number of aldehydes is 1. The average Bonchev–Trinajstić information content (AvgIpc) is 3.23. The SMILES string of the molecule is CCCCC/C=C\C/C=C\CCCCCCCCC(O)(CCCCCCCC/C=C\C/C=C\CCCCC)OCCCN(C)CCCCCC(=O)ON(C)C(=O)CCC=O. The van der Waals surface area contributed by atoms with Gasteiger partial charge in [0.05, 0.1) is 6.61 Å². The van der Waals surface area contributed by atoms with E-state index in [0.29, 0.717) is 32.2 Å². The highest BCUT2D eigenvalue weighted by Crippen LogP contribution is 2.25. The van der Waals surface area contributed by atoms with Crippen LogP contribution in [0.15, 0.2) is 48.6 Å². The first-order valence-electron chi connectivity index (χ1n) is 24.8. The Kier molecular flexibility index (Phi) is 42.6. The van der Waals surface area contributed by atoms with Crippen molar-refractivity contribution in [2.75, 3.05) is 33.8 Å². The van der Waals surface area contributed by atoms with E-state index in [1.807, 2.05) is 0 Å². The molecular formula is C52H94N2O6. The lowest BCUT2D eigenvalue weighted by Crippen LogP contribution is -2.33. The van der Waals surface area contributed by atoms with Crippen LogP contribution >= 0.6 is 0 Å². The zero-order valence-electron chi connectivity index (χ0n) is 39.5. The first-order valence-corrected chi connectivity index (χ1v) is 24.8. The molecule has 0 aliphatic rings. The normalized spacial score (nSPS) is 12.3. The van der Waals surface area contributed by atoms with Crippen LogP contribution in [0.1, 0.15) is 226 Å². The van der Waals surface area contributed by atoms with Gasteiger partial charge in [-0.05, 0) is 110 Å². The van der Waals surface area contributed by atoms with Gasteiger partial charge in [-0.2, -0.15) is 5.06 Å². The van der Waals surface area contributed by atoms with Crippen molar-refractivity contribution in [1.82, 2.24) is 9.96 Å². The number of aliphatic hydroxyl groups is 1. The molecule has 1 N–H and O–H groups in total. The quantitative estimate of drug-likeness (QED) is 0.0214. The number of carbonyl (C=O) groups is 3. The molecule has 0 radical (unpaired) electrons. The number of allylic oxidation sites excluding steroid dienone is 8. The maximum atomic E-state index is 12.1. The minimum absolute atomic E-state index is 0.0392. The molecule has 1 amide bonds. The number of carbonyl (C=O) groups excluding carboxylic acids is 3. The predicted molar refractivity (Wildman–Crippen MR) is 254 cm³/mol. The van der Waals surface area contributed by atoms with Gasteiger partial charge in [-0.15, -0.1) is 0 Å². The molecule has 0 spiro atoms. The molecule has 0 saturated heterocycles. The first-order chi connectivity index (χ1) is 29.3. The summed E-state index contributed by atoms with van der Waals surface area (Å²) in [7, 11) is 3.51. The average molecular weight is 843 g/mol. The standard InChI is InChI=1S/C52H94N2O6/c1-5-7-9-11-13-15-17-19-21-23-25-27-29-31-33-37-44-52(58,45-38-34-32-30-28-26-24-22-20-18-16-14-12-10-8-6-2)59-49-41-47-53(3)46-39-35-36-43-51(57)60-54(4)50(56)42-40-48-55/h13-16,19-22,48,58H,5-12,17-18,23-47,49H2,1-4H3/b15-13-,16-14-,21-19-,22-20-. The summed E-state index contributed by atoms with van der Waals surface area (Å²) in [5.41, 5.74) is 0. The van der Waals surface area contributed by atoms with Crippen LogP contribution in [0.4, 0.5) is 0 Å². The number of amides is 1. The van der Waals surface area contributed by atoms with E-state index < -0.39 is 11.8 Å². The number of hydrogen-bond donors (Lipinski definition) is 1. The highest BCUT2D eigenvalue weighted by molar-refractivity contribution is 5.79. The van der Waals surface area contributed by atoms with Crippen LogP contribution in [0.2, 0.25) is 0 Å². The molecule has 0 aromatic heterocycles. The Morgan fingerprint density at radius 2 is 0.950 bits per heavy atom. The number of ether oxygens (including phenoxy) is 1. The molecule has 8 heteroatoms. The summed E-state index contributed by atoms with van der Waals surface area (Å²) in [6.45, 7) is 6.87. The maximum absolute atomic E-state index is 12.1. The molecule has 0 heterocycles. The number of rotatable bonds is 44. The molecule has 8 nitrogen and oxygen atoms in total. The van der Waals surface area contributed by atoms with Crippen molar-refractivity contribution in [3.63, 3.8) is 0 Å². The van der Waals surface area contributed by atoms with E-state index in [-0.39, 0.29) is 25.2 Å². The van der Waals surface area contributed by atoms with Crippen LogP contribution in [-0.4, -0.2) is 72.8 Å². The molecule has 0 saturated carbocycles. The second-order valence-electron chi connectivity index (χ2n) is 17.0. The van der Waals surface area contributed by atoms with Gasteiger partial charge in [0.2, 0.25) is 0 Å². The summed E-state index contributed by atoms with van der Waals surface area (Å²) in [5, 5.41) is 12.6. The third-order valence-corrected chi connectivity index (χ3v) is 11.1. The van der Waals surface area contributed by atoms with E-state index in [1.165, 1.54) is 123 Å². The van der Waals surface area contributed by atoms with Crippen molar-refractivity contribution in [2.24, 2.45) is 0 Å². The lowest BCUT2D eigenvalue weighted by molar-refractivity contribution is -0.214. The summed E-state index contributed by atoms with van der Waals surface area (Å²) in [6.07, 6.45) is 53.5. The molecule has 0 aromatic carbocycles. The Morgan fingerprint density at radius 3 is 1.43 bits per heavy atom. The van der Waals surface area contributed by atoms with Gasteiger partial charge in [0.1, 0.15) is 6.29 Å². The Hall–Kier alpha value is -2.55. The Balaban J connectivity index is 4.44. The lowest BCUT2D eigenvalue weighted by Gasteiger charge is -2.29. The van der Waals surface area contributed by atoms with Crippen molar-refractivity contribution in [2.45, 2.75) is 232 Å². The molecule has 0 aromatic rings. The van der Waals surface area contributed by atoms with Crippen LogP contribution in [0.5, 0.6) is 0 Å². The van der Waals surface area contributed by atoms with E-state index in [9.17, 15) is 19.5 Å². The molecule has 0 unspecified atom stereocenters. The van der Waals surface area contributed by atoms with E-state index in [1.54, 1.807) is 0 Å². The second kappa shape index (κ2) is 44.5. The zero-order valence-corrected chi connectivity index (χ0v) is 39.5. The number of unbranched alkanes of at least 4 members (excludes halogenated alkanes) is 20. The van der Waals surface area contributed by atoms with Gasteiger partial charge in [0.25, 0.3) is 5.91 Å². The minimum Gasteiger partial charge on any atom is -0.365 e. The van der Waals surface area contributed by atoms with Gasteiger partial charge in [0, 0.05) is 45.7 Å². The van der Waals surface area contributed by atoms with Gasteiger partial charge in [0.15, 0.2) is 5.79 Å². The molecule has 0 bridgehead atoms. The summed E-state index contributed by atoms with van der Waals surface area (Å²) in [4.78, 5) is 41.7. The molecule has 0 aliphatic carbocycles. The fourth-order valence-electron chi connectivity index (χ4n) is 7.17. The fourth-order valence-corrected chi connectivity index (χ4v) is 7.17. The molecule has 0 fully saturated rings. The van der Waals surface area contributed by atoms with Gasteiger partial charge < -0.3 is 24.4 Å². The maximum Gasteiger partial charge on any atom is 0.332 e. The first kappa shape index (κ1) is 57.4. The van der Waals surface area contributed by atoms with Crippen molar-refractivity contribution < 1.29 is 29.1 Å². The Labute approximate surface area is 370 Å². The topological polar surface area (TPSA) is 96.4 Å². The lowest BCUT2D eigenvalue weighted by atomic mass is 9.98. The summed E-state index contributed by atoms with van der Waals surface area (Å²) >= 11 is 0. The van der Waals surface area contributed by atoms with Crippen LogP contribution in [-0.2, 0) is 24.0 Å². The summed E-state index contributed by atoms with van der Waals surface area (Å²) in [6, 6.07) is 0. The second-order valence-corrected chi connectivity index (χ2v) is 17.0. The molecule has 0 atom stereocenters. The van der Waals surface area contributed by atoms with Crippen LogP contribution in [0, 0.1) is 0 Å². The van der Waals surface area contributed by atoms with E-state index in [4.69, 9.17) is 9.57 Å². The van der Waals surface area contributed by atoms with Gasteiger partial charge >= 0.3 is 5.97 Å². The van der Waals surface area contributed by atoms with Crippen molar-refractivity contribution in [3.05, 3.63) is 48.6 Å². The number of hydrogen-bond acceptors (Lipinski definition) is 7. The zero-order chi connectivity index (χ0) is 44.0. The molecule has 348 valence electrons. The van der Waals surface area contributed by atoms with Crippen molar-refractivity contribution in [1.29, 1.82) is 0 Å². The van der Waals surface area contributed by atoms with Crippen LogP contribution in [0.3, 0.4) is 0 Å². The highest BCUT2D eigenvalue weighted by Gasteiger charge is 2.26. The number of nitrogens with zero attached hydrogens (tertiary/aromatic N) is 2. The van der Waals surface area contributed by atoms with Crippen LogP contribution in [0.25, 0.3) is 0 Å². The van der Waals surface area contributed by atoms with E-state index in [2.05, 4.69) is 74.4 Å². The smallest absolute Gasteiger partial charge is 0.332 e. The van der Waals surface area contributed by atoms with E-state index >= 15 is 0 Å². The van der Waals surface area contributed by atoms with Crippen molar-refractivity contribution in [3.8, 4) is 0 Å². The molecular weight excluding hydrogens is 749 g/mol. The third-order valence-electron chi connectivity index (χ3n) is 11.1. The van der Waals surface area contributed by atoms with Crippen LogP contribution < -0.4 is 0 Å². The molecule has 0 aliphatic heterocycles. The van der Waals surface area contributed by atoms with Gasteiger partial charge in [-0.1, -0.05) is 146 Å². The Bertz CT molecular complexity index is 1050.